The Balaban J connectivity index is 1.58. The van der Waals surface area contributed by atoms with E-state index in [1.807, 2.05) is 30.3 Å². The number of carbonyl (C=O) groups excluding carboxylic acids is 2. The lowest BCUT2D eigenvalue weighted by atomic mass is 10.1. The lowest BCUT2D eigenvalue weighted by molar-refractivity contribution is -0.121. The van der Waals surface area contributed by atoms with Gasteiger partial charge in [-0.15, -0.1) is 11.3 Å². The van der Waals surface area contributed by atoms with Gasteiger partial charge in [0.25, 0.3) is 15.9 Å². The minimum Gasteiger partial charge on any atom is -0.341 e. The van der Waals surface area contributed by atoms with Crippen LogP contribution in [0, 0.1) is 0 Å². The summed E-state index contributed by atoms with van der Waals surface area (Å²) >= 11 is 1.37. The average molecular weight is 414 g/mol. The van der Waals surface area contributed by atoms with Gasteiger partial charge in [-0.05, 0) is 17.7 Å². The van der Waals surface area contributed by atoms with Crippen LogP contribution in [-0.4, -0.2) is 41.1 Å². The Hall–Kier alpha value is -3.11. The first-order valence-corrected chi connectivity index (χ1v) is 10.6. The number of thiazole rings is 1. The highest BCUT2D eigenvalue weighted by atomic mass is 32.2. The van der Waals surface area contributed by atoms with Crippen LogP contribution in [-0.2, 0) is 14.8 Å². The summed E-state index contributed by atoms with van der Waals surface area (Å²) in [5.74, 6) is -1.38. The van der Waals surface area contributed by atoms with Gasteiger partial charge < -0.3 is 5.32 Å². The number of benzene rings is 1. The van der Waals surface area contributed by atoms with Gasteiger partial charge in [0.15, 0.2) is 5.03 Å². The molecule has 0 radical (unpaired) electrons. The number of nitrogens with one attached hydrogen (secondary N) is 1. The number of carbonyl (C=O) groups is 2. The zero-order valence-electron chi connectivity index (χ0n) is 14.3. The molecule has 0 aliphatic carbocycles. The number of hydrogen-bond donors (Lipinski definition) is 1. The lowest BCUT2D eigenvalue weighted by Crippen LogP contribution is -2.41. The smallest absolute Gasteiger partial charge is 0.285 e. The van der Waals surface area contributed by atoms with E-state index in [1.54, 1.807) is 11.6 Å². The summed E-state index contributed by atoms with van der Waals surface area (Å²) in [5.41, 5.74) is 0.765. The van der Waals surface area contributed by atoms with E-state index in [1.165, 1.54) is 29.7 Å². The van der Waals surface area contributed by atoms with Crippen LogP contribution in [0.4, 0.5) is 0 Å². The summed E-state index contributed by atoms with van der Waals surface area (Å²) in [7, 11) is -4.15. The highest BCUT2D eigenvalue weighted by Gasteiger charge is 2.43. The van der Waals surface area contributed by atoms with Crippen molar-refractivity contribution in [1.29, 1.82) is 0 Å². The minimum atomic E-state index is -4.15. The molecule has 4 rings (SSSR count). The van der Waals surface area contributed by atoms with Gasteiger partial charge in [0.1, 0.15) is 17.6 Å². The van der Waals surface area contributed by atoms with E-state index in [-0.39, 0.29) is 10.6 Å². The first kappa shape index (κ1) is 18.3. The zero-order chi connectivity index (χ0) is 19.7. The molecule has 0 saturated carbocycles. The summed E-state index contributed by atoms with van der Waals surface area (Å²) in [6, 6.07) is 11.5. The lowest BCUT2D eigenvalue weighted by Gasteiger charge is -2.19. The Kier molecular flexibility index (Phi) is 4.65. The number of fused-ring (bicyclic) bond motifs is 1. The topological polar surface area (TPSA) is 109 Å². The van der Waals surface area contributed by atoms with Crippen molar-refractivity contribution in [2.24, 2.45) is 0 Å². The number of amides is 2. The summed E-state index contributed by atoms with van der Waals surface area (Å²) in [6.07, 6.45) is 2.92. The molecule has 2 amide bonds. The fraction of sp³-hybridized carbons (Fsp3) is 0.111. The summed E-state index contributed by atoms with van der Waals surface area (Å²) in [5, 5.41) is 4.89. The SMILES string of the molecule is O=C(CN1C(=O)c2cccnc2S1(=O)=O)NC(c1ccccc1)c1nccs1. The van der Waals surface area contributed by atoms with Crippen LogP contribution in [0.5, 0.6) is 0 Å². The van der Waals surface area contributed by atoms with Crippen LogP contribution in [0.25, 0.3) is 0 Å². The summed E-state index contributed by atoms with van der Waals surface area (Å²) in [4.78, 5) is 33.1. The van der Waals surface area contributed by atoms with E-state index < -0.39 is 34.4 Å². The number of rotatable bonds is 5. The molecule has 0 saturated heterocycles. The average Bonchev–Trinajstić information content (AvgIpc) is 3.30. The Bertz CT molecular complexity index is 1130. The zero-order valence-corrected chi connectivity index (χ0v) is 16.0. The summed E-state index contributed by atoms with van der Waals surface area (Å²) in [6.45, 7) is -0.633. The Morgan fingerprint density at radius 2 is 1.89 bits per heavy atom. The first-order chi connectivity index (χ1) is 13.5. The highest BCUT2D eigenvalue weighted by molar-refractivity contribution is 7.90. The van der Waals surface area contributed by atoms with E-state index in [0.29, 0.717) is 9.31 Å². The predicted octanol–water partition coefficient (Wildman–Crippen LogP) is 1.59. The fourth-order valence-corrected chi connectivity index (χ4v) is 5.06. The standard InChI is InChI=1S/C18H14N4O4S2/c23-14(11-22-18(24)13-7-4-8-20-17(13)28(22,25)26)21-15(16-19-9-10-27-16)12-5-2-1-3-6-12/h1-10,15H,11H2,(H,21,23). The minimum absolute atomic E-state index is 0.0326. The molecule has 0 bridgehead atoms. The van der Waals surface area contributed by atoms with E-state index in [0.717, 1.165) is 5.56 Å². The molecule has 3 heterocycles. The maximum absolute atomic E-state index is 12.6. The van der Waals surface area contributed by atoms with E-state index in [4.69, 9.17) is 0 Å². The molecule has 1 atom stereocenters. The maximum atomic E-state index is 12.6. The third-order valence-electron chi connectivity index (χ3n) is 4.19. The first-order valence-electron chi connectivity index (χ1n) is 8.24. The second kappa shape index (κ2) is 7.13. The maximum Gasteiger partial charge on any atom is 0.285 e. The Labute approximate surface area is 164 Å². The van der Waals surface area contributed by atoms with Crippen LogP contribution in [0.3, 0.4) is 0 Å². The third kappa shape index (κ3) is 3.16. The molecule has 1 aliphatic rings. The van der Waals surface area contributed by atoms with Crippen LogP contribution in [0.1, 0.15) is 27.0 Å². The van der Waals surface area contributed by atoms with Crippen molar-refractivity contribution in [1.82, 2.24) is 19.6 Å². The van der Waals surface area contributed by atoms with Crippen molar-refractivity contribution in [2.45, 2.75) is 11.1 Å². The van der Waals surface area contributed by atoms with Gasteiger partial charge in [-0.25, -0.2) is 14.3 Å². The monoisotopic (exact) mass is 414 g/mol. The molecule has 1 aliphatic heterocycles. The molecule has 1 N–H and O–H groups in total. The van der Waals surface area contributed by atoms with Crippen molar-refractivity contribution in [2.75, 3.05) is 6.54 Å². The van der Waals surface area contributed by atoms with Crippen LogP contribution in [0.15, 0.2) is 65.3 Å². The van der Waals surface area contributed by atoms with Crippen molar-refractivity contribution in [3.8, 4) is 0 Å². The van der Waals surface area contributed by atoms with Gasteiger partial charge in [0.2, 0.25) is 5.91 Å². The van der Waals surface area contributed by atoms with Gasteiger partial charge in [-0.3, -0.25) is 9.59 Å². The van der Waals surface area contributed by atoms with E-state index in [2.05, 4.69) is 15.3 Å². The van der Waals surface area contributed by atoms with Gasteiger partial charge in [0, 0.05) is 17.8 Å². The number of hydrogen-bond acceptors (Lipinski definition) is 7. The number of aromatic nitrogens is 2. The Morgan fingerprint density at radius 3 is 2.57 bits per heavy atom. The van der Waals surface area contributed by atoms with E-state index in [9.17, 15) is 18.0 Å². The fourth-order valence-electron chi connectivity index (χ4n) is 2.91. The van der Waals surface area contributed by atoms with Gasteiger partial charge in [-0.2, -0.15) is 8.42 Å². The quantitative estimate of drug-likeness (QED) is 0.679. The molecule has 142 valence electrons. The van der Waals surface area contributed by atoms with Crippen molar-refractivity contribution < 1.29 is 18.0 Å². The predicted molar refractivity (Wildman–Crippen MR) is 101 cm³/mol. The van der Waals surface area contributed by atoms with E-state index >= 15 is 0 Å². The summed E-state index contributed by atoms with van der Waals surface area (Å²) < 4.78 is 25.7. The van der Waals surface area contributed by atoms with Gasteiger partial charge >= 0.3 is 0 Å². The molecule has 8 nitrogen and oxygen atoms in total. The number of nitrogens with zero attached hydrogens (tertiary/aromatic N) is 3. The van der Waals surface area contributed by atoms with Gasteiger partial charge in [-0.1, -0.05) is 30.3 Å². The molecule has 0 spiro atoms. The second-order valence-corrected chi connectivity index (χ2v) is 8.66. The molecule has 2 aromatic heterocycles. The van der Waals surface area contributed by atoms with Crippen molar-refractivity contribution in [3.05, 3.63) is 76.4 Å². The molecule has 10 heteroatoms. The highest BCUT2D eigenvalue weighted by Crippen LogP contribution is 2.28. The second-order valence-electron chi connectivity index (χ2n) is 5.95. The molecular weight excluding hydrogens is 400 g/mol. The number of sulfonamides is 1. The molecular formula is C18H14N4O4S2. The molecule has 1 aromatic carbocycles. The molecule has 0 fully saturated rings. The van der Waals surface area contributed by atoms with Crippen LogP contribution >= 0.6 is 11.3 Å². The molecule has 1 unspecified atom stereocenters. The van der Waals surface area contributed by atoms with Crippen LogP contribution < -0.4 is 5.32 Å². The molecule has 3 aromatic rings. The van der Waals surface area contributed by atoms with Gasteiger partial charge in [0.05, 0.1) is 5.56 Å². The number of pyridine rings is 1. The van der Waals surface area contributed by atoms with Crippen molar-refractivity contribution >= 4 is 33.2 Å². The molecule has 28 heavy (non-hydrogen) atoms. The Morgan fingerprint density at radius 1 is 1.11 bits per heavy atom. The van der Waals surface area contributed by atoms with Crippen LogP contribution in [0.2, 0.25) is 0 Å². The largest absolute Gasteiger partial charge is 0.341 e. The third-order valence-corrected chi connectivity index (χ3v) is 6.72. The van der Waals surface area contributed by atoms with Crippen molar-refractivity contribution in [3.63, 3.8) is 0 Å². The normalized spacial score (nSPS) is 15.9.